The molecule has 4 aromatic heterocycles. The summed E-state index contributed by atoms with van der Waals surface area (Å²) in [4.78, 5) is 30.3. The minimum atomic E-state index is -4.63. The topological polar surface area (TPSA) is 230 Å². The number of aromatic nitrogens is 7. The number of alkyl halides is 1. The van der Waals surface area contributed by atoms with Crippen LogP contribution in [0.1, 0.15) is 12.5 Å². The van der Waals surface area contributed by atoms with Crippen LogP contribution >= 0.6 is 14.9 Å². The molecule has 4 N–H and O–H groups in total. The summed E-state index contributed by atoms with van der Waals surface area (Å²) in [5.41, 5.74) is 5.08. The lowest BCUT2D eigenvalue weighted by atomic mass is 10.1. The number of nitrogens with two attached hydrogens (primary N) is 1. The van der Waals surface area contributed by atoms with Crippen molar-refractivity contribution < 1.29 is 50.6 Å². The number of fused-ring (bicyclic) bond motifs is 4. The second-order valence-corrected chi connectivity index (χ2v) is 13.4. The monoisotopic (exact) mass is 666 g/mol. The SMILES string of the molecule is [B][P@]1(=O)OC[C@H]2O[C@@H](n3cnc4c(N)ncnc43)[C@@H](F)C2O[P@@]([B])(=O)OC[C@H]2O[C@@H](n3cc(F)c4c(=O)[nH]cnc43)[C@@H](O)C2O1. The lowest BCUT2D eigenvalue weighted by Crippen LogP contribution is -2.38. The molecule has 3 aliphatic rings. The first kappa shape index (κ1) is 30.6. The van der Waals surface area contributed by atoms with Crippen LogP contribution in [0.4, 0.5) is 14.6 Å². The van der Waals surface area contributed by atoms with Crippen molar-refractivity contribution in [2.75, 3.05) is 18.9 Å². The van der Waals surface area contributed by atoms with Gasteiger partial charge in [-0.3, -0.25) is 18.5 Å². The molecule has 45 heavy (non-hydrogen) atoms. The maximum atomic E-state index is 15.9. The number of nitrogens with one attached hydrogen (secondary N) is 1. The number of hydrogen-bond acceptors (Lipinski definition) is 15. The zero-order valence-electron chi connectivity index (χ0n) is 22.5. The van der Waals surface area contributed by atoms with Crippen LogP contribution in [0.25, 0.3) is 22.2 Å². The Balaban J connectivity index is 1.17. The van der Waals surface area contributed by atoms with Gasteiger partial charge in [-0.05, 0) is 0 Å². The van der Waals surface area contributed by atoms with Gasteiger partial charge in [-0.2, -0.15) is 0 Å². The van der Waals surface area contributed by atoms with Crippen LogP contribution in [0.2, 0.25) is 0 Å². The van der Waals surface area contributed by atoms with Gasteiger partial charge in [0.25, 0.3) is 20.5 Å². The van der Waals surface area contributed by atoms with E-state index in [4.69, 9.17) is 48.4 Å². The van der Waals surface area contributed by atoms with Crippen LogP contribution in [0.5, 0.6) is 0 Å². The van der Waals surface area contributed by atoms with Crippen LogP contribution < -0.4 is 11.3 Å². The summed E-state index contributed by atoms with van der Waals surface area (Å²) in [5.74, 6) is -0.951. The van der Waals surface area contributed by atoms with Gasteiger partial charge in [0.2, 0.25) is 15.1 Å². The summed E-state index contributed by atoms with van der Waals surface area (Å²) in [6, 6.07) is 0. The third kappa shape index (κ3) is 5.33. The Morgan fingerprint density at radius 3 is 2.38 bits per heavy atom. The first-order valence-electron chi connectivity index (χ1n) is 13.1. The molecule has 3 aliphatic heterocycles. The molecule has 0 spiro atoms. The van der Waals surface area contributed by atoms with Crippen molar-refractivity contribution in [1.29, 1.82) is 0 Å². The highest BCUT2D eigenvalue weighted by Gasteiger charge is 2.53. The predicted molar refractivity (Wildman–Crippen MR) is 147 cm³/mol. The summed E-state index contributed by atoms with van der Waals surface area (Å²) >= 11 is 0. The molecule has 7 rings (SSSR count). The number of H-pyrrole nitrogens is 1. The van der Waals surface area contributed by atoms with E-state index < -0.39 is 94.1 Å². The molecule has 0 aliphatic carbocycles. The molecule has 4 aromatic rings. The molecule has 2 unspecified atom stereocenters. The zero-order chi connectivity index (χ0) is 31.8. The fourth-order valence-electron chi connectivity index (χ4n) is 5.45. The number of nitrogens with zero attached hydrogens (tertiary/aromatic N) is 6. The van der Waals surface area contributed by atoms with E-state index in [9.17, 15) is 23.4 Å². The minimum Gasteiger partial charge on any atom is -0.386 e. The van der Waals surface area contributed by atoms with E-state index in [1.54, 1.807) is 0 Å². The summed E-state index contributed by atoms with van der Waals surface area (Å²) < 4.78 is 92.3. The number of hydrogen-bond donors (Lipinski definition) is 3. The number of aromatic amines is 1. The molecule has 0 aromatic carbocycles. The van der Waals surface area contributed by atoms with Crippen LogP contribution in [-0.2, 0) is 36.7 Å². The third-order valence-corrected chi connectivity index (χ3v) is 9.55. The van der Waals surface area contributed by atoms with Crippen molar-refractivity contribution in [3.63, 3.8) is 0 Å². The molecule has 4 radical (unpaired) electrons. The molecule has 0 saturated carbocycles. The number of aliphatic hydroxyl groups is 1. The van der Waals surface area contributed by atoms with Gasteiger partial charge in [-0.1, -0.05) is 0 Å². The van der Waals surface area contributed by atoms with Gasteiger partial charge >= 0.3 is 0 Å². The van der Waals surface area contributed by atoms with Crippen LogP contribution in [0.3, 0.4) is 0 Å². The molecule has 3 saturated heterocycles. The van der Waals surface area contributed by atoms with E-state index in [0.717, 1.165) is 23.4 Å². The van der Waals surface area contributed by atoms with Gasteiger partial charge in [-0.25, -0.2) is 28.7 Å². The summed E-state index contributed by atoms with van der Waals surface area (Å²) in [6.45, 7) is -1.49. The first-order chi connectivity index (χ1) is 21.3. The molecular formula is C21H20B2F2N8O10P2. The third-order valence-electron chi connectivity index (χ3n) is 7.46. The van der Waals surface area contributed by atoms with Gasteiger partial charge in [0.15, 0.2) is 41.6 Å². The number of halogens is 2. The Morgan fingerprint density at radius 1 is 0.978 bits per heavy atom. The van der Waals surface area contributed by atoms with Gasteiger partial charge in [0.1, 0.15) is 47.8 Å². The Bertz CT molecular complexity index is 1950. The molecule has 24 heteroatoms. The summed E-state index contributed by atoms with van der Waals surface area (Å²) in [5, 5.41) is 10.7. The van der Waals surface area contributed by atoms with Crippen molar-refractivity contribution in [2.24, 2.45) is 0 Å². The number of anilines is 1. The van der Waals surface area contributed by atoms with E-state index >= 15 is 4.39 Å². The molecule has 7 heterocycles. The number of aliphatic hydroxyl groups excluding tert-OH is 1. The highest BCUT2D eigenvalue weighted by molar-refractivity contribution is 7.79. The van der Waals surface area contributed by atoms with Gasteiger partial charge in [-0.15, -0.1) is 0 Å². The fraction of sp³-hybridized carbons (Fsp3) is 0.476. The molecule has 0 amide bonds. The summed E-state index contributed by atoms with van der Waals surface area (Å²) in [6.07, 6.45) is -8.86. The quantitative estimate of drug-likeness (QED) is 0.191. The van der Waals surface area contributed by atoms with Crippen molar-refractivity contribution in [3.05, 3.63) is 41.3 Å². The molecular weight excluding hydrogens is 646 g/mol. The molecule has 18 nitrogen and oxygen atoms in total. The van der Waals surface area contributed by atoms with E-state index in [-0.39, 0.29) is 22.6 Å². The average Bonchev–Trinajstić information content (AvgIpc) is 3.71. The number of ether oxygens (including phenoxy) is 2. The molecule has 234 valence electrons. The predicted octanol–water partition coefficient (Wildman–Crippen LogP) is 0.150. The van der Waals surface area contributed by atoms with Crippen molar-refractivity contribution >= 4 is 58.1 Å². The maximum Gasteiger partial charge on any atom is 0.264 e. The highest BCUT2D eigenvalue weighted by Crippen LogP contribution is 2.53. The van der Waals surface area contributed by atoms with Gasteiger partial charge < -0.3 is 48.0 Å². The fourth-order valence-corrected chi connectivity index (χ4v) is 7.47. The first-order valence-corrected chi connectivity index (χ1v) is 16.3. The minimum absolute atomic E-state index is 0.0246. The lowest BCUT2D eigenvalue weighted by Gasteiger charge is -2.30. The van der Waals surface area contributed by atoms with E-state index in [0.29, 0.717) is 0 Å². The maximum absolute atomic E-state index is 15.9. The van der Waals surface area contributed by atoms with E-state index in [2.05, 4.69) is 24.9 Å². The Morgan fingerprint density at radius 2 is 1.64 bits per heavy atom. The number of nitrogen functional groups attached to an aromatic ring is 1. The highest BCUT2D eigenvalue weighted by atomic mass is 31.2. The van der Waals surface area contributed by atoms with Crippen molar-refractivity contribution in [1.82, 2.24) is 34.1 Å². The van der Waals surface area contributed by atoms with Crippen molar-refractivity contribution in [3.8, 4) is 0 Å². The zero-order valence-corrected chi connectivity index (χ0v) is 24.3. The van der Waals surface area contributed by atoms with Crippen LogP contribution in [0.15, 0.2) is 30.0 Å². The normalized spacial score (nSPS) is 37.7. The largest absolute Gasteiger partial charge is 0.386 e. The number of rotatable bonds is 2. The van der Waals surface area contributed by atoms with Crippen molar-refractivity contribution in [2.45, 2.75) is 49.1 Å². The van der Waals surface area contributed by atoms with Gasteiger partial charge in [0, 0.05) is 6.20 Å². The van der Waals surface area contributed by atoms with Crippen LogP contribution in [0, 0.1) is 5.82 Å². The smallest absolute Gasteiger partial charge is 0.264 e. The Labute approximate surface area is 252 Å². The Kier molecular flexibility index (Phi) is 7.50. The van der Waals surface area contributed by atoms with Crippen LogP contribution in [-0.4, -0.2) is 104 Å². The molecule has 10 atom stereocenters. The molecule has 3 fully saturated rings. The second kappa shape index (κ2) is 11.0. The Hall–Kier alpha value is -3.06. The van der Waals surface area contributed by atoms with E-state index in [1.165, 1.54) is 10.9 Å². The molecule has 0 bridgehead atoms. The number of imidazole rings is 1. The summed E-state index contributed by atoms with van der Waals surface area (Å²) in [7, 11) is 2.41. The second-order valence-electron chi connectivity index (χ2n) is 10.3. The standard InChI is InChI=1S/C21H20B2F2N8O10P2/c22-44(36)39-3-9-15(13(34)21(41-9)32-1-7(24)10-17(32)28-5-30-19(10)35)43-45(23,37)38-2-8-14(42-44)11(25)20(40-8)33-6-31-12-16(26)27-4-29-18(12)33/h1,4-6,8-9,11,13-15,20-21,34H,2-3H2,(H2,26,27,29)(H,28,30,35)/t8-,9-,11+,13+,14?,15?,20-,21-,44+,45+/m1/s1. The average molecular weight is 666 g/mol. The van der Waals surface area contributed by atoms with Gasteiger partial charge in [0.05, 0.1) is 25.9 Å². The lowest BCUT2D eigenvalue weighted by molar-refractivity contribution is -0.0558. The van der Waals surface area contributed by atoms with E-state index in [1.807, 2.05) is 0 Å².